The van der Waals surface area contributed by atoms with Gasteiger partial charge < -0.3 is 9.88 Å². The second-order valence-electron chi connectivity index (χ2n) is 4.68. The first-order chi connectivity index (χ1) is 8.61. The van der Waals surface area contributed by atoms with E-state index in [0.29, 0.717) is 5.92 Å². The maximum Gasteiger partial charge on any atom is 0.320 e. The van der Waals surface area contributed by atoms with Crippen LogP contribution in [0.2, 0.25) is 0 Å². The van der Waals surface area contributed by atoms with E-state index < -0.39 is 0 Å². The van der Waals surface area contributed by atoms with Gasteiger partial charge in [-0.1, -0.05) is 13.3 Å². The zero-order chi connectivity index (χ0) is 13.1. The number of hydrogen-bond donors (Lipinski definition) is 2. The van der Waals surface area contributed by atoms with Crippen LogP contribution >= 0.6 is 0 Å². The van der Waals surface area contributed by atoms with Crippen LogP contribution in [0.1, 0.15) is 26.2 Å². The molecule has 0 spiro atoms. The van der Waals surface area contributed by atoms with Gasteiger partial charge in [0.25, 0.3) is 5.56 Å². The molecule has 2 rings (SSSR count). The van der Waals surface area contributed by atoms with Gasteiger partial charge >= 0.3 is 6.03 Å². The predicted octanol–water partition coefficient (Wildman–Crippen LogP) is 1.09. The zero-order valence-electron chi connectivity index (χ0n) is 10.6. The van der Waals surface area contributed by atoms with Crippen LogP contribution in [-0.4, -0.2) is 21.6 Å². The van der Waals surface area contributed by atoms with Gasteiger partial charge in [-0.2, -0.15) is 0 Å². The van der Waals surface area contributed by atoms with E-state index in [4.69, 9.17) is 0 Å². The van der Waals surface area contributed by atoms with E-state index in [9.17, 15) is 9.59 Å². The summed E-state index contributed by atoms with van der Waals surface area (Å²) < 4.78 is 1.37. The van der Waals surface area contributed by atoms with Gasteiger partial charge in [-0.05, 0) is 18.8 Å². The molecule has 1 saturated carbocycles. The molecular weight excluding hydrogens is 232 g/mol. The maximum absolute atomic E-state index is 11.7. The van der Waals surface area contributed by atoms with Gasteiger partial charge in [0.2, 0.25) is 5.82 Å². The standard InChI is InChI=1S/C12H18N4O2/c1-3-4-8-7-9(8)14-12(18)15-10-11(17)16(2)6-5-13-10/h5-6,8-9H,3-4,7H2,1-2H3,(H2,13,14,15,18). The number of anilines is 1. The van der Waals surface area contributed by atoms with Crippen molar-refractivity contribution in [2.75, 3.05) is 5.32 Å². The average Bonchev–Trinajstić information content (AvgIpc) is 3.03. The number of aromatic nitrogens is 2. The fourth-order valence-electron chi connectivity index (χ4n) is 2.01. The van der Waals surface area contributed by atoms with Crippen LogP contribution in [0, 0.1) is 5.92 Å². The van der Waals surface area contributed by atoms with Crippen molar-refractivity contribution in [2.45, 2.75) is 32.2 Å². The van der Waals surface area contributed by atoms with Gasteiger partial charge in [0.15, 0.2) is 0 Å². The zero-order valence-corrected chi connectivity index (χ0v) is 10.6. The van der Waals surface area contributed by atoms with E-state index in [1.807, 2.05) is 0 Å². The molecule has 98 valence electrons. The predicted molar refractivity (Wildman–Crippen MR) is 68.4 cm³/mol. The van der Waals surface area contributed by atoms with Crippen LogP contribution in [-0.2, 0) is 7.05 Å². The van der Waals surface area contributed by atoms with Gasteiger partial charge in [0.1, 0.15) is 0 Å². The lowest BCUT2D eigenvalue weighted by Gasteiger charge is -2.06. The summed E-state index contributed by atoms with van der Waals surface area (Å²) in [5.41, 5.74) is -0.312. The molecule has 6 nitrogen and oxygen atoms in total. The maximum atomic E-state index is 11.7. The minimum absolute atomic E-state index is 0.0604. The topological polar surface area (TPSA) is 76.0 Å². The molecule has 0 saturated heterocycles. The molecule has 6 heteroatoms. The van der Waals surface area contributed by atoms with E-state index in [-0.39, 0.29) is 23.5 Å². The summed E-state index contributed by atoms with van der Waals surface area (Å²) in [6.07, 6.45) is 6.32. The van der Waals surface area contributed by atoms with E-state index >= 15 is 0 Å². The van der Waals surface area contributed by atoms with Crippen molar-refractivity contribution in [3.63, 3.8) is 0 Å². The first-order valence-electron chi connectivity index (χ1n) is 6.21. The van der Waals surface area contributed by atoms with Crippen LogP contribution in [0.25, 0.3) is 0 Å². The third-order valence-corrected chi connectivity index (χ3v) is 3.15. The summed E-state index contributed by atoms with van der Waals surface area (Å²) in [4.78, 5) is 27.2. The number of carbonyl (C=O) groups excluding carboxylic acids is 1. The van der Waals surface area contributed by atoms with Crippen molar-refractivity contribution in [1.82, 2.24) is 14.9 Å². The lowest BCUT2D eigenvalue weighted by Crippen LogP contribution is -2.34. The Labute approximate surface area is 105 Å². The highest BCUT2D eigenvalue weighted by molar-refractivity contribution is 5.88. The van der Waals surface area contributed by atoms with E-state index in [2.05, 4.69) is 22.5 Å². The summed E-state index contributed by atoms with van der Waals surface area (Å²) in [5, 5.41) is 5.34. The summed E-state index contributed by atoms with van der Waals surface area (Å²) in [6, 6.07) is -0.105. The molecule has 1 heterocycles. The van der Waals surface area contributed by atoms with Crippen molar-refractivity contribution in [2.24, 2.45) is 13.0 Å². The van der Waals surface area contributed by atoms with Gasteiger partial charge in [0, 0.05) is 25.5 Å². The minimum atomic E-state index is -0.352. The van der Waals surface area contributed by atoms with Crippen molar-refractivity contribution in [1.29, 1.82) is 0 Å². The first kappa shape index (κ1) is 12.6. The van der Waals surface area contributed by atoms with Crippen molar-refractivity contribution in [3.8, 4) is 0 Å². The van der Waals surface area contributed by atoms with Crippen LogP contribution < -0.4 is 16.2 Å². The lowest BCUT2D eigenvalue weighted by molar-refractivity contribution is 0.251. The van der Waals surface area contributed by atoms with Crippen molar-refractivity contribution < 1.29 is 4.79 Å². The highest BCUT2D eigenvalue weighted by atomic mass is 16.2. The summed E-state index contributed by atoms with van der Waals surface area (Å²) >= 11 is 0. The lowest BCUT2D eigenvalue weighted by atomic mass is 10.2. The number of nitrogens with one attached hydrogen (secondary N) is 2. The Balaban J connectivity index is 1.88. The van der Waals surface area contributed by atoms with Crippen LogP contribution in [0.4, 0.5) is 10.6 Å². The number of nitrogens with zero attached hydrogens (tertiary/aromatic N) is 2. The SMILES string of the molecule is CCCC1CC1NC(=O)Nc1nccn(C)c1=O. The van der Waals surface area contributed by atoms with Crippen LogP contribution in [0.3, 0.4) is 0 Å². The molecule has 1 aliphatic rings. The number of amides is 2. The van der Waals surface area contributed by atoms with E-state index in [1.165, 1.54) is 10.8 Å². The summed E-state index contributed by atoms with van der Waals surface area (Å²) in [5.74, 6) is 0.650. The molecule has 2 amide bonds. The molecule has 0 aromatic carbocycles. The van der Waals surface area contributed by atoms with Gasteiger partial charge in [-0.25, -0.2) is 9.78 Å². The normalized spacial score (nSPS) is 21.4. The van der Waals surface area contributed by atoms with Gasteiger partial charge in [-0.15, -0.1) is 0 Å². The van der Waals surface area contributed by atoms with Crippen LogP contribution in [0.15, 0.2) is 17.2 Å². The third-order valence-electron chi connectivity index (χ3n) is 3.15. The summed E-state index contributed by atoms with van der Waals surface area (Å²) in [6.45, 7) is 2.13. The molecule has 1 aliphatic carbocycles. The molecule has 0 radical (unpaired) electrons. The number of hydrogen-bond acceptors (Lipinski definition) is 3. The minimum Gasteiger partial charge on any atom is -0.335 e. The Hall–Kier alpha value is -1.85. The third kappa shape index (κ3) is 2.88. The van der Waals surface area contributed by atoms with Gasteiger partial charge in [0.05, 0.1) is 0 Å². The Morgan fingerprint density at radius 2 is 2.39 bits per heavy atom. The molecule has 1 fully saturated rings. The number of aryl methyl sites for hydroxylation is 1. The molecule has 2 N–H and O–H groups in total. The molecule has 1 aromatic rings. The number of urea groups is 1. The fourth-order valence-corrected chi connectivity index (χ4v) is 2.01. The molecule has 0 aliphatic heterocycles. The van der Waals surface area contributed by atoms with Crippen molar-refractivity contribution in [3.05, 3.63) is 22.7 Å². The van der Waals surface area contributed by atoms with E-state index in [0.717, 1.165) is 19.3 Å². The molecular formula is C12H18N4O2. The summed E-state index contributed by atoms with van der Waals surface area (Å²) in [7, 11) is 1.62. The molecule has 1 aromatic heterocycles. The highest BCUT2D eigenvalue weighted by Crippen LogP contribution is 2.34. The highest BCUT2D eigenvalue weighted by Gasteiger charge is 2.37. The monoisotopic (exact) mass is 250 g/mol. The number of rotatable bonds is 4. The molecule has 0 bridgehead atoms. The Bertz CT molecular complexity index is 497. The Kier molecular flexibility index (Phi) is 3.64. The number of carbonyl (C=O) groups is 1. The first-order valence-corrected chi connectivity index (χ1v) is 6.21. The second kappa shape index (κ2) is 5.20. The quantitative estimate of drug-likeness (QED) is 0.839. The second-order valence-corrected chi connectivity index (χ2v) is 4.68. The van der Waals surface area contributed by atoms with Crippen LogP contribution in [0.5, 0.6) is 0 Å². The Morgan fingerprint density at radius 3 is 3.11 bits per heavy atom. The molecule has 18 heavy (non-hydrogen) atoms. The smallest absolute Gasteiger partial charge is 0.320 e. The van der Waals surface area contributed by atoms with Gasteiger partial charge in [-0.3, -0.25) is 10.1 Å². The largest absolute Gasteiger partial charge is 0.335 e. The van der Waals surface area contributed by atoms with E-state index in [1.54, 1.807) is 13.2 Å². The molecule has 2 unspecified atom stereocenters. The average molecular weight is 250 g/mol. The Morgan fingerprint density at radius 1 is 1.61 bits per heavy atom. The fraction of sp³-hybridized carbons (Fsp3) is 0.583. The van der Waals surface area contributed by atoms with Crippen molar-refractivity contribution >= 4 is 11.8 Å². The molecule has 2 atom stereocenters.